The molecule has 0 aromatic heterocycles. The maximum Gasteiger partial charge on any atom is 0.232 e. The summed E-state index contributed by atoms with van der Waals surface area (Å²) in [4.78, 5) is 24.4. The summed E-state index contributed by atoms with van der Waals surface area (Å²) in [5, 5.41) is 5.46. The van der Waals surface area contributed by atoms with Crippen LogP contribution in [0.4, 0.5) is 15.8 Å². The highest BCUT2D eigenvalue weighted by Crippen LogP contribution is 2.33. The molecule has 2 N–H and O–H groups in total. The van der Waals surface area contributed by atoms with Crippen LogP contribution in [0.25, 0.3) is 0 Å². The second-order valence-corrected chi connectivity index (χ2v) is 5.58. The van der Waals surface area contributed by atoms with Crippen molar-refractivity contribution in [1.29, 1.82) is 0 Å². The Morgan fingerprint density at radius 2 is 2.13 bits per heavy atom. The number of halogens is 1. The molecule has 1 aliphatic rings. The monoisotopic (exact) mass is 312 g/mol. The fourth-order valence-electron chi connectivity index (χ4n) is 2.77. The lowest BCUT2D eigenvalue weighted by molar-refractivity contribution is -0.123. The lowest BCUT2D eigenvalue weighted by atomic mass is 9.89. The van der Waals surface area contributed by atoms with E-state index in [1.54, 1.807) is 6.07 Å². The molecule has 0 radical (unpaired) electrons. The molecule has 23 heavy (non-hydrogen) atoms. The number of nitrogens with one attached hydrogen (secondary N) is 2. The summed E-state index contributed by atoms with van der Waals surface area (Å²) >= 11 is 0. The van der Waals surface area contributed by atoms with Gasteiger partial charge in [-0.1, -0.05) is 25.1 Å². The number of rotatable bonds is 3. The third kappa shape index (κ3) is 3.23. The Morgan fingerprint density at radius 1 is 1.30 bits per heavy atom. The number of amides is 2. The molecule has 0 spiro atoms. The van der Waals surface area contributed by atoms with Crippen molar-refractivity contribution < 1.29 is 14.0 Å². The van der Waals surface area contributed by atoms with Gasteiger partial charge in [0, 0.05) is 17.8 Å². The Kier molecular flexibility index (Phi) is 4.10. The van der Waals surface area contributed by atoms with Crippen LogP contribution < -0.4 is 10.6 Å². The number of aryl methyl sites for hydroxylation is 1. The molecule has 0 aliphatic carbocycles. The van der Waals surface area contributed by atoms with Crippen LogP contribution in [0.15, 0.2) is 42.5 Å². The van der Waals surface area contributed by atoms with Crippen LogP contribution in [0.5, 0.6) is 0 Å². The average molecular weight is 312 g/mol. The van der Waals surface area contributed by atoms with Gasteiger partial charge in [0.25, 0.3) is 0 Å². The largest absolute Gasteiger partial charge is 0.326 e. The highest BCUT2D eigenvalue weighted by Gasteiger charge is 2.31. The maximum absolute atomic E-state index is 13.3. The van der Waals surface area contributed by atoms with E-state index in [2.05, 4.69) is 10.6 Å². The van der Waals surface area contributed by atoms with E-state index in [4.69, 9.17) is 0 Å². The quantitative estimate of drug-likeness (QED) is 0.912. The molecule has 3 rings (SSSR count). The normalized spacial score (nSPS) is 16.4. The van der Waals surface area contributed by atoms with Crippen molar-refractivity contribution in [2.45, 2.75) is 25.7 Å². The molecule has 0 saturated heterocycles. The number of carbonyl (C=O) groups is 2. The van der Waals surface area contributed by atoms with Crippen LogP contribution >= 0.6 is 0 Å². The number of benzene rings is 2. The van der Waals surface area contributed by atoms with Crippen molar-refractivity contribution >= 4 is 23.2 Å². The molecule has 0 fully saturated rings. The van der Waals surface area contributed by atoms with E-state index in [-0.39, 0.29) is 18.2 Å². The third-order valence-electron chi connectivity index (χ3n) is 3.97. The summed E-state index contributed by atoms with van der Waals surface area (Å²) in [5.41, 5.74) is 2.81. The third-order valence-corrected chi connectivity index (χ3v) is 3.97. The number of carbonyl (C=O) groups excluding carboxylic acids is 2. The first-order chi connectivity index (χ1) is 11.1. The van der Waals surface area contributed by atoms with Gasteiger partial charge < -0.3 is 10.6 Å². The average Bonchev–Trinajstić information content (AvgIpc) is 2.53. The minimum atomic E-state index is -0.621. The highest BCUT2D eigenvalue weighted by molar-refractivity contribution is 6.05. The van der Waals surface area contributed by atoms with Gasteiger partial charge in [-0.2, -0.15) is 0 Å². The fraction of sp³-hybridized carbons (Fsp3) is 0.222. The van der Waals surface area contributed by atoms with Crippen LogP contribution in [0.2, 0.25) is 0 Å². The molecule has 2 aromatic carbocycles. The Bertz CT molecular complexity index is 773. The summed E-state index contributed by atoms with van der Waals surface area (Å²) in [6.07, 6.45) is 0.926. The predicted molar refractivity (Wildman–Crippen MR) is 86.8 cm³/mol. The first-order valence-electron chi connectivity index (χ1n) is 7.56. The summed E-state index contributed by atoms with van der Waals surface area (Å²) in [5.74, 6) is -1.61. The summed E-state index contributed by atoms with van der Waals surface area (Å²) in [7, 11) is 0. The minimum Gasteiger partial charge on any atom is -0.326 e. The standard InChI is InChI=1S/C18H17FN2O2/c1-2-11-4-3-5-13(8-11)20-18(23)15-10-17(22)21-16-9-12(19)6-7-14(15)16/h3-9,15H,2,10H2,1H3,(H,20,23)(H,21,22). The molecule has 2 amide bonds. The van der Waals surface area contributed by atoms with E-state index in [9.17, 15) is 14.0 Å². The van der Waals surface area contributed by atoms with Gasteiger partial charge in [0.2, 0.25) is 11.8 Å². The van der Waals surface area contributed by atoms with Crippen molar-refractivity contribution in [3.63, 3.8) is 0 Å². The molecular weight excluding hydrogens is 295 g/mol. The van der Waals surface area contributed by atoms with Gasteiger partial charge in [-0.05, 0) is 41.8 Å². The zero-order chi connectivity index (χ0) is 16.4. The van der Waals surface area contributed by atoms with Crippen molar-refractivity contribution in [2.24, 2.45) is 0 Å². The van der Waals surface area contributed by atoms with Crippen molar-refractivity contribution in [2.75, 3.05) is 10.6 Å². The molecule has 118 valence electrons. The van der Waals surface area contributed by atoms with Gasteiger partial charge in [0.05, 0.1) is 5.92 Å². The van der Waals surface area contributed by atoms with Gasteiger partial charge in [-0.25, -0.2) is 4.39 Å². The number of hydrogen-bond acceptors (Lipinski definition) is 2. The van der Waals surface area contributed by atoms with E-state index in [0.717, 1.165) is 12.0 Å². The SMILES string of the molecule is CCc1cccc(NC(=O)C2CC(=O)Nc3cc(F)ccc32)c1. The molecule has 4 nitrogen and oxygen atoms in total. The molecule has 1 unspecified atom stereocenters. The number of anilines is 2. The molecule has 1 aliphatic heterocycles. The van der Waals surface area contributed by atoms with Gasteiger partial charge in [-0.15, -0.1) is 0 Å². The maximum atomic E-state index is 13.3. The van der Waals surface area contributed by atoms with Crippen LogP contribution in [0.3, 0.4) is 0 Å². The zero-order valence-corrected chi connectivity index (χ0v) is 12.7. The van der Waals surface area contributed by atoms with E-state index in [1.807, 2.05) is 31.2 Å². The molecule has 0 saturated carbocycles. The molecule has 2 aromatic rings. The first-order valence-corrected chi connectivity index (χ1v) is 7.56. The van der Waals surface area contributed by atoms with Crippen LogP contribution in [0.1, 0.15) is 30.4 Å². The van der Waals surface area contributed by atoms with Gasteiger partial charge in [0.15, 0.2) is 0 Å². The van der Waals surface area contributed by atoms with Crippen molar-refractivity contribution in [3.05, 3.63) is 59.4 Å². The first kappa shape index (κ1) is 15.2. The Morgan fingerprint density at radius 3 is 2.91 bits per heavy atom. The zero-order valence-electron chi connectivity index (χ0n) is 12.7. The minimum absolute atomic E-state index is 0.0535. The van der Waals surface area contributed by atoms with Crippen LogP contribution in [-0.4, -0.2) is 11.8 Å². The fourth-order valence-corrected chi connectivity index (χ4v) is 2.77. The molecular formula is C18H17FN2O2. The number of fused-ring (bicyclic) bond motifs is 1. The van der Waals surface area contributed by atoms with E-state index in [1.165, 1.54) is 12.1 Å². The predicted octanol–water partition coefficient (Wildman–Crippen LogP) is 3.45. The highest BCUT2D eigenvalue weighted by atomic mass is 19.1. The summed E-state index contributed by atoms with van der Waals surface area (Å²) < 4.78 is 13.3. The van der Waals surface area contributed by atoms with Gasteiger partial charge in [-0.3, -0.25) is 9.59 Å². The van der Waals surface area contributed by atoms with Crippen molar-refractivity contribution in [3.8, 4) is 0 Å². The lowest BCUT2D eigenvalue weighted by Crippen LogP contribution is -2.30. The van der Waals surface area contributed by atoms with E-state index < -0.39 is 11.7 Å². The summed E-state index contributed by atoms with van der Waals surface area (Å²) in [6.45, 7) is 2.04. The smallest absolute Gasteiger partial charge is 0.232 e. The van der Waals surface area contributed by atoms with E-state index >= 15 is 0 Å². The van der Waals surface area contributed by atoms with Crippen LogP contribution in [-0.2, 0) is 16.0 Å². The Labute approximate surface area is 133 Å². The second kappa shape index (κ2) is 6.20. The summed E-state index contributed by atoms with van der Waals surface area (Å²) in [6, 6.07) is 11.7. The molecule has 1 atom stereocenters. The second-order valence-electron chi connectivity index (χ2n) is 5.58. The Balaban J connectivity index is 1.86. The molecule has 1 heterocycles. The van der Waals surface area contributed by atoms with Crippen molar-refractivity contribution in [1.82, 2.24) is 0 Å². The van der Waals surface area contributed by atoms with Gasteiger partial charge >= 0.3 is 0 Å². The topological polar surface area (TPSA) is 58.2 Å². The Hall–Kier alpha value is -2.69. The van der Waals surface area contributed by atoms with Gasteiger partial charge in [0.1, 0.15) is 5.82 Å². The number of hydrogen-bond donors (Lipinski definition) is 2. The lowest BCUT2D eigenvalue weighted by Gasteiger charge is -2.25. The molecule has 0 bridgehead atoms. The van der Waals surface area contributed by atoms with E-state index in [0.29, 0.717) is 16.9 Å². The van der Waals surface area contributed by atoms with Crippen LogP contribution in [0, 0.1) is 5.82 Å². The molecule has 5 heteroatoms.